The molecular weight excluding hydrogens is 444 g/mol. The number of nitrogen functional groups attached to an aromatic ring is 1. The second kappa shape index (κ2) is 8.58. The van der Waals surface area contributed by atoms with Crippen LogP contribution in [0.25, 0.3) is 11.2 Å². The molecule has 6 N–H and O–H groups in total. The highest BCUT2D eigenvalue weighted by molar-refractivity contribution is 6.36. The van der Waals surface area contributed by atoms with Crippen LogP contribution < -0.4 is 17.0 Å². The molecule has 3 heterocycles. The van der Waals surface area contributed by atoms with Crippen LogP contribution in [0.3, 0.4) is 0 Å². The van der Waals surface area contributed by atoms with Gasteiger partial charge >= 0.3 is 0 Å². The molecule has 0 radical (unpaired) electrons. The third kappa shape index (κ3) is 4.76. The molecule has 0 aromatic carbocycles. The Hall–Kier alpha value is -2.12. The number of hydrogen-bond acceptors (Lipinski definition) is 9. The number of rotatable bonds is 6. The lowest BCUT2D eigenvalue weighted by molar-refractivity contribution is -0.158. The molecule has 2 aromatic heterocycles. The van der Waals surface area contributed by atoms with Crippen molar-refractivity contribution in [3.8, 4) is 0 Å². The van der Waals surface area contributed by atoms with Crippen molar-refractivity contribution in [3.63, 3.8) is 0 Å². The van der Waals surface area contributed by atoms with E-state index < -0.39 is 40.6 Å². The fraction of sp³-hybridized carbons (Fsp3) is 0.714. The van der Waals surface area contributed by atoms with Gasteiger partial charge in [-0.15, -0.1) is 0 Å². The smallest absolute Gasteiger partial charge is 0.280 e. The van der Waals surface area contributed by atoms with E-state index in [9.17, 15) is 9.90 Å². The van der Waals surface area contributed by atoms with Gasteiger partial charge in [0, 0.05) is 15.9 Å². The summed E-state index contributed by atoms with van der Waals surface area (Å²) in [6.07, 6.45) is -1.15. The van der Waals surface area contributed by atoms with Crippen molar-refractivity contribution >= 4 is 32.3 Å². The highest BCUT2D eigenvalue weighted by Crippen LogP contribution is 2.49. The van der Waals surface area contributed by atoms with Gasteiger partial charge < -0.3 is 30.8 Å². The monoisotopic (exact) mass is 480 g/mol. The number of nitrogens with zero attached hydrogens (tertiary/aromatic N) is 3. The molecule has 1 aliphatic rings. The molecule has 0 amide bonds. The van der Waals surface area contributed by atoms with Crippen molar-refractivity contribution in [2.75, 3.05) is 12.3 Å². The van der Waals surface area contributed by atoms with E-state index in [1.165, 1.54) is 16.2 Å². The normalized spacial score (nSPS) is 27.1. The molecule has 0 spiro atoms. The zero-order chi connectivity index (χ0) is 24.9. The standard InChI is InChI=1S/C21H36N6O5Si/c1-10(22)8-30-12-16(27-9-24-11-14(27)25-18(23)26-15(11)28)31-13(17(33)32-20(5,6)7)21(12,29)19(2,3)4/h9-10,12-13,16,29H,8,22,33H2,1-7H3,(H3,23,25,26,28)/t10?,12-,13+,16+,21-/m0/s1. The Morgan fingerprint density at radius 3 is 2.58 bits per heavy atom. The minimum atomic E-state index is -1.52. The molecule has 0 bridgehead atoms. The zero-order valence-electron chi connectivity index (χ0n) is 20.4. The third-order valence-electron chi connectivity index (χ3n) is 5.56. The maximum Gasteiger partial charge on any atom is 0.280 e. The minimum Gasteiger partial charge on any atom is -0.496 e. The van der Waals surface area contributed by atoms with Crippen LogP contribution in [0.1, 0.15) is 54.7 Å². The summed E-state index contributed by atoms with van der Waals surface area (Å²) >= 11 is 0. The number of aromatic amines is 1. The summed E-state index contributed by atoms with van der Waals surface area (Å²) < 4.78 is 20.3. The van der Waals surface area contributed by atoms with Gasteiger partial charge in [-0.1, -0.05) is 20.8 Å². The number of nitrogens with two attached hydrogens (primary N) is 2. The summed E-state index contributed by atoms with van der Waals surface area (Å²) in [4.78, 5) is 23.2. The lowest BCUT2D eigenvalue weighted by Gasteiger charge is -2.45. The summed E-state index contributed by atoms with van der Waals surface area (Å²) in [5, 5.41) is 12.8. The van der Waals surface area contributed by atoms with Crippen molar-refractivity contribution in [2.45, 2.75) is 84.1 Å². The van der Waals surface area contributed by atoms with Gasteiger partial charge in [0.1, 0.15) is 17.8 Å². The van der Waals surface area contributed by atoms with Crippen molar-refractivity contribution in [2.24, 2.45) is 11.1 Å². The predicted octanol–water partition coefficient (Wildman–Crippen LogP) is -0.313. The maximum absolute atomic E-state index is 12.3. The number of anilines is 1. The van der Waals surface area contributed by atoms with E-state index in [-0.39, 0.29) is 29.8 Å². The number of aromatic nitrogens is 4. The Bertz CT molecular complexity index is 1090. The number of hydrogen-bond donors (Lipinski definition) is 4. The fourth-order valence-electron chi connectivity index (χ4n) is 4.07. The third-order valence-corrected chi connectivity index (χ3v) is 6.08. The highest BCUT2D eigenvalue weighted by Gasteiger charge is 2.64. The molecule has 12 heteroatoms. The van der Waals surface area contributed by atoms with Crippen LogP contribution in [0.2, 0.25) is 0 Å². The van der Waals surface area contributed by atoms with Gasteiger partial charge in [-0.05, 0) is 33.1 Å². The molecule has 0 aliphatic carbocycles. The zero-order valence-corrected chi connectivity index (χ0v) is 21.8. The number of nitrogens with one attached hydrogen (secondary N) is 1. The molecule has 1 unspecified atom stereocenters. The van der Waals surface area contributed by atoms with E-state index >= 15 is 0 Å². The Labute approximate surface area is 195 Å². The van der Waals surface area contributed by atoms with Gasteiger partial charge in [-0.25, -0.2) is 4.98 Å². The molecular formula is C21H36N6O5Si. The quantitative estimate of drug-likeness (QED) is 0.406. The van der Waals surface area contributed by atoms with E-state index in [0.717, 1.165) is 0 Å². The molecule has 1 fully saturated rings. The van der Waals surface area contributed by atoms with Gasteiger partial charge in [0.2, 0.25) is 5.95 Å². The van der Waals surface area contributed by atoms with Crippen molar-refractivity contribution < 1.29 is 19.3 Å². The number of H-pyrrole nitrogens is 1. The van der Waals surface area contributed by atoms with E-state index in [0.29, 0.717) is 5.35 Å². The van der Waals surface area contributed by atoms with Gasteiger partial charge in [0.25, 0.3) is 5.56 Å². The average molecular weight is 481 g/mol. The number of fused-ring (bicyclic) bond motifs is 1. The van der Waals surface area contributed by atoms with Crippen molar-refractivity contribution in [1.29, 1.82) is 0 Å². The van der Waals surface area contributed by atoms with Crippen LogP contribution in [-0.2, 0) is 14.2 Å². The summed E-state index contributed by atoms with van der Waals surface area (Å²) in [5.41, 5.74) is 8.92. The second-order valence-electron chi connectivity index (χ2n) is 10.7. The van der Waals surface area contributed by atoms with Crippen molar-refractivity contribution in [1.82, 2.24) is 19.5 Å². The molecule has 33 heavy (non-hydrogen) atoms. The fourth-order valence-corrected chi connectivity index (χ4v) is 4.92. The molecule has 1 saturated heterocycles. The first-order chi connectivity index (χ1) is 15.1. The van der Waals surface area contributed by atoms with Crippen LogP contribution in [0.5, 0.6) is 0 Å². The SMILES string of the molecule is CC(N)CO[C@H]1[C@H](n2cnc3c(=O)[nH]c(N)nc32)O[C@H](C(=[SiH2])OC(C)(C)C)[C@]1(O)C(C)(C)C. The molecule has 3 rings (SSSR count). The average Bonchev–Trinajstić information content (AvgIpc) is 3.17. The first-order valence-corrected chi connectivity index (χ1v) is 11.6. The number of aliphatic hydroxyl groups is 1. The molecule has 184 valence electrons. The summed E-state index contributed by atoms with van der Waals surface area (Å²) in [6, 6.07) is -0.275. The van der Waals surface area contributed by atoms with Crippen molar-refractivity contribution in [3.05, 3.63) is 16.7 Å². The predicted molar refractivity (Wildman–Crippen MR) is 129 cm³/mol. The number of imidazole rings is 1. The van der Waals surface area contributed by atoms with E-state index in [4.69, 9.17) is 25.7 Å². The Morgan fingerprint density at radius 2 is 2.03 bits per heavy atom. The summed E-state index contributed by atoms with van der Waals surface area (Å²) in [7, 11) is 1.53. The van der Waals surface area contributed by atoms with Crippen LogP contribution in [0.15, 0.2) is 11.1 Å². The van der Waals surface area contributed by atoms with E-state index in [2.05, 4.69) is 15.0 Å². The summed E-state index contributed by atoms with van der Waals surface area (Å²) in [6.45, 7) is 13.5. The van der Waals surface area contributed by atoms with Crippen LogP contribution in [0, 0.1) is 5.41 Å². The molecule has 1 aliphatic heterocycles. The summed E-state index contributed by atoms with van der Waals surface area (Å²) in [5.74, 6) is -0.0526. The topological polar surface area (TPSA) is 164 Å². The number of ether oxygens (including phenoxy) is 3. The van der Waals surface area contributed by atoms with E-state index in [1.54, 1.807) is 4.57 Å². The largest absolute Gasteiger partial charge is 0.496 e. The van der Waals surface area contributed by atoms with Crippen LogP contribution in [0.4, 0.5) is 5.95 Å². The molecule has 5 atom stereocenters. The highest BCUT2D eigenvalue weighted by atomic mass is 28.1. The first kappa shape index (κ1) is 25.5. The molecule has 11 nitrogen and oxygen atoms in total. The van der Waals surface area contributed by atoms with E-state index in [1.807, 2.05) is 48.5 Å². The van der Waals surface area contributed by atoms with Gasteiger partial charge in [0.05, 0.1) is 23.9 Å². The Balaban J connectivity index is 2.18. The van der Waals surface area contributed by atoms with Gasteiger partial charge in [-0.3, -0.25) is 14.3 Å². The maximum atomic E-state index is 12.3. The van der Waals surface area contributed by atoms with Crippen LogP contribution in [-0.4, -0.2) is 75.9 Å². The van der Waals surface area contributed by atoms with Crippen LogP contribution >= 0.6 is 0 Å². The Morgan fingerprint density at radius 1 is 1.39 bits per heavy atom. The van der Waals surface area contributed by atoms with Gasteiger partial charge in [0.15, 0.2) is 17.4 Å². The second-order valence-corrected chi connectivity index (χ2v) is 11.4. The minimum absolute atomic E-state index is 0.0526. The first-order valence-electron chi connectivity index (χ1n) is 10.9. The van der Waals surface area contributed by atoms with Gasteiger partial charge in [-0.2, -0.15) is 4.98 Å². The lowest BCUT2D eigenvalue weighted by atomic mass is 9.70. The molecule has 0 saturated carbocycles. The molecule has 2 aromatic rings. The lowest BCUT2D eigenvalue weighted by Crippen LogP contribution is -2.61. The Kier molecular flexibility index (Phi) is 6.63.